The van der Waals surface area contributed by atoms with Crippen molar-refractivity contribution in [2.75, 3.05) is 0 Å². The number of carboxylic acid groups (broad SMARTS) is 1. The van der Waals surface area contributed by atoms with Gasteiger partial charge in [-0.15, -0.1) is 0 Å². The summed E-state index contributed by atoms with van der Waals surface area (Å²) in [6.07, 6.45) is 4.08. The third kappa shape index (κ3) is 5.45. The molecule has 7 nitrogen and oxygen atoms in total. The Hall–Kier alpha value is -4.08. The number of benzene rings is 3. The number of rotatable bonds is 8. The molecule has 34 heavy (non-hydrogen) atoms. The molecule has 0 unspecified atom stereocenters. The molecular weight excluding hydrogens is 457 g/mol. The lowest BCUT2D eigenvalue weighted by Crippen LogP contribution is -2.23. The summed E-state index contributed by atoms with van der Waals surface area (Å²) >= 11 is 0. The average molecular weight is 478 g/mol. The van der Waals surface area contributed by atoms with E-state index >= 15 is 0 Å². The van der Waals surface area contributed by atoms with Crippen LogP contribution in [0.4, 0.5) is 4.39 Å². The molecule has 0 aliphatic rings. The van der Waals surface area contributed by atoms with E-state index in [0.717, 1.165) is 11.8 Å². The topological polar surface area (TPSA) is 101 Å². The first-order chi connectivity index (χ1) is 16.3. The smallest absolute Gasteiger partial charge is 0.328 e. The van der Waals surface area contributed by atoms with Crippen LogP contribution in [-0.2, 0) is 21.4 Å². The van der Waals surface area contributed by atoms with Gasteiger partial charge in [-0.3, -0.25) is 0 Å². The van der Waals surface area contributed by atoms with Gasteiger partial charge in [-0.05, 0) is 60.2 Å². The van der Waals surface area contributed by atoms with Crippen molar-refractivity contribution >= 4 is 22.1 Å². The Morgan fingerprint density at radius 1 is 1.00 bits per heavy atom. The van der Waals surface area contributed by atoms with Crippen molar-refractivity contribution in [2.45, 2.75) is 11.4 Å². The number of aliphatic carboxylic acids is 1. The van der Waals surface area contributed by atoms with Gasteiger partial charge in [-0.25, -0.2) is 27.0 Å². The number of carbonyl (C=O) groups is 1. The number of nitrogens with zero attached hydrogens (tertiary/aromatic N) is 2. The maximum Gasteiger partial charge on any atom is 0.328 e. The number of hydrogen-bond donors (Lipinski definition) is 2. The van der Waals surface area contributed by atoms with Gasteiger partial charge in [0.05, 0.1) is 16.3 Å². The minimum Gasteiger partial charge on any atom is -0.478 e. The number of carboxylic acids is 1. The molecule has 9 heteroatoms. The van der Waals surface area contributed by atoms with Crippen LogP contribution in [0.5, 0.6) is 0 Å². The highest BCUT2D eigenvalue weighted by Gasteiger charge is 2.18. The van der Waals surface area contributed by atoms with Crippen LogP contribution in [0.3, 0.4) is 0 Å². The van der Waals surface area contributed by atoms with Gasteiger partial charge in [0.1, 0.15) is 5.82 Å². The van der Waals surface area contributed by atoms with Crippen LogP contribution in [0.2, 0.25) is 0 Å². The fraction of sp³-hybridized carbons (Fsp3) is 0.0400. The van der Waals surface area contributed by atoms with Gasteiger partial charge in [0.25, 0.3) is 0 Å². The molecule has 172 valence electrons. The minimum absolute atomic E-state index is 0.0391. The van der Waals surface area contributed by atoms with Crippen LogP contribution in [-0.4, -0.2) is 29.3 Å². The first-order valence-electron chi connectivity index (χ1n) is 10.2. The van der Waals surface area contributed by atoms with Crippen LogP contribution in [0.15, 0.2) is 96.0 Å². The third-order valence-corrected chi connectivity index (χ3v) is 6.41. The van der Waals surface area contributed by atoms with Crippen molar-refractivity contribution < 1.29 is 22.7 Å². The zero-order chi connectivity index (χ0) is 24.1. The molecule has 0 aliphatic carbocycles. The van der Waals surface area contributed by atoms with Gasteiger partial charge in [0.2, 0.25) is 10.0 Å². The minimum atomic E-state index is -3.85. The lowest BCUT2D eigenvalue weighted by Gasteiger charge is -2.07. The monoisotopic (exact) mass is 477 g/mol. The second-order valence-corrected chi connectivity index (χ2v) is 9.12. The van der Waals surface area contributed by atoms with E-state index in [2.05, 4.69) is 9.82 Å². The van der Waals surface area contributed by atoms with Crippen LogP contribution in [0.1, 0.15) is 11.1 Å². The molecule has 0 radical (unpaired) electrons. The van der Waals surface area contributed by atoms with E-state index in [1.54, 1.807) is 23.0 Å². The van der Waals surface area contributed by atoms with Crippen LogP contribution < -0.4 is 4.72 Å². The maximum absolute atomic E-state index is 13.4. The number of sulfonamides is 1. The molecule has 0 aliphatic heterocycles. The molecule has 2 N–H and O–H groups in total. The number of para-hydroxylation sites is 1. The van der Waals surface area contributed by atoms with E-state index in [1.165, 1.54) is 42.5 Å². The molecule has 0 fully saturated rings. The summed E-state index contributed by atoms with van der Waals surface area (Å²) in [6.45, 7) is -0.0391. The summed E-state index contributed by atoms with van der Waals surface area (Å²) in [6, 6.07) is 21.0. The highest BCUT2D eigenvalue weighted by Crippen LogP contribution is 2.25. The maximum atomic E-state index is 13.4. The van der Waals surface area contributed by atoms with Crippen molar-refractivity contribution in [1.29, 1.82) is 0 Å². The Morgan fingerprint density at radius 2 is 1.68 bits per heavy atom. The van der Waals surface area contributed by atoms with Crippen molar-refractivity contribution in [3.8, 4) is 16.9 Å². The Kier molecular flexibility index (Phi) is 6.67. The van der Waals surface area contributed by atoms with Gasteiger partial charge in [0.15, 0.2) is 0 Å². The second kappa shape index (κ2) is 9.82. The summed E-state index contributed by atoms with van der Waals surface area (Å²) in [5.41, 5.74) is 3.15. The summed E-state index contributed by atoms with van der Waals surface area (Å²) < 4.78 is 43.4. The Bertz CT molecular complexity index is 1430. The Labute approximate surface area is 195 Å². The lowest BCUT2D eigenvalue weighted by molar-refractivity contribution is -0.131. The van der Waals surface area contributed by atoms with Crippen LogP contribution in [0, 0.1) is 5.82 Å². The van der Waals surface area contributed by atoms with E-state index in [-0.39, 0.29) is 17.3 Å². The zero-order valence-electron chi connectivity index (χ0n) is 17.8. The molecule has 4 aromatic rings. The van der Waals surface area contributed by atoms with E-state index < -0.39 is 16.0 Å². The van der Waals surface area contributed by atoms with Crippen LogP contribution >= 0.6 is 0 Å². The van der Waals surface area contributed by atoms with Crippen molar-refractivity contribution in [3.05, 3.63) is 108 Å². The first kappa shape index (κ1) is 23.1. The summed E-state index contributed by atoms with van der Waals surface area (Å²) in [4.78, 5) is 10.7. The van der Waals surface area contributed by atoms with Gasteiger partial charge in [0, 0.05) is 29.9 Å². The molecule has 0 amide bonds. The Balaban J connectivity index is 1.60. The molecule has 1 aromatic heterocycles. The number of hydrogen-bond acceptors (Lipinski definition) is 4. The summed E-state index contributed by atoms with van der Waals surface area (Å²) in [5, 5.41) is 13.3. The van der Waals surface area contributed by atoms with Gasteiger partial charge in [-0.1, -0.05) is 30.3 Å². The largest absolute Gasteiger partial charge is 0.478 e. The van der Waals surface area contributed by atoms with Crippen LogP contribution in [0.25, 0.3) is 23.0 Å². The molecule has 4 rings (SSSR count). The molecule has 0 bridgehead atoms. The zero-order valence-corrected chi connectivity index (χ0v) is 18.6. The average Bonchev–Trinajstić information content (AvgIpc) is 3.27. The molecule has 0 atom stereocenters. The number of halogens is 1. The van der Waals surface area contributed by atoms with Crippen molar-refractivity contribution in [2.24, 2.45) is 0 Å². The second-order valence-electron chi connectivity index (χ2n) is 7.36. The molecule has 1 heterocycles. The predicted molar refractivity (Wildman–Crippen MR) is 126 cm³/mol. The van der Waals surface area contributed by atoms with E-state index in [9.17, 15) is 17.6 Å². The fourth-order valence-electron chi connectivity index (χ4n) is 3.28. The highest BCUT2D eigenvalue weighted by atomic mass is 32.2. The molecular formula is C25H20FN3O4S. The molecule has 0 saturated heterocycles. The number of nitrogens with one attached hydrogen (secondary N) is 1. The molecule has 0 saturated carbocycles. The van der Waals surface area contributed by atoms with Crippen molar-refractivity contribution in [3.63, 3.8) is 0 Å². The quantitative estimate of drug-likeness (QED) is 0.370. The van der Waals surface area contributed by atoms with E-state index in [0.29, 0.717) is 22.4 Å². The number of aromatic nitrogens is 2. The molecule has 3 aromatic carbocycles. The predicted octanol–water partition coefficient (Wildman–Crippen LogP) is 4.25. The first-order valence-corrected chi connectivity index (χ1v) is 11.7. The summed E-state index contributed by atoms with van der Waals surface area (Å²) in [5.74, 6) is -1.47. The lowest BCUT2D eigenvalue weighted by atomic mass is 10.1. The third-order valence-electron chi connectivity index (χ3n) is 4.99. The standard InChI is InChI=1S/C25H20FN3O4S/c26-21-11-9-19(10-12-21)25-20(17-29(28-25)22-4-2-1-3-5-22)16-27-34(32,33)23-13-6-18(7-14-23)8-15-24(30)31/h1-15,17,27H,16H2,(H,30,31). The fourth-order valence-corrected chi connectivity index (χ4v) is 4.29. The normalized spacial score (nSPS) is 11.7. The SMILES string of the molecule is O=C(O)C=Cc1ccc(S(=O)(=O)NCc2cn(-c3ccccc3)nc2-c2ccc(F)cc2)cc1. The van der Waals surface area contributed by atoms with Gasteiger partial charge in [-0.2, -0.15) is 5.10 Å². The van der Waals surface area contributed by atoms with Gasteiger partial charge < -0.3 is 5.11 Å². The molecule has 0 spiro atoms. The highest BCUT2D eigenvalue weighted by molar-refractivity contribution is 7.89. The van der Waals surface area contributed by atoms with E-state index in [4.69, 9.17) is 5.11 Å². The van der Waals surface area contributed by atoms with Gasteiger partial charge >= 0.3 is 5.97 Å². The van der Waals surface area contributed by atoms with Crippen molar-refractivity contribution in [1.82, 2.24) is 14.5 Å². The summed E-state index contributed by atoms with van der Waals surface area (Å²) in [7, 11) is -3.85. The van der Waals surface area contributed by atoms with E-state index in [1.807, 2.05) is 30.3 Å². The Morgan fingerprint density at radius 3 is 2.32 bits per heavy atom.